The zero-order valence-electron chi connectivity index (χ0n) is 12.7. The van der Waals surface area contributed by atoms with Gasteiger partial charge in [-0.1, -0.05) is 24.8 Å². The highest BCUT2D eigenvalue weighted by atomic mass is 15.1. The van der Waals surface area contributed by atoms with Crippen LogP contribution in [-0.4, -0.2) is 37.0 Å². The Morgan fingerprint density at radius 3 is 2.57 bits per heavy atom. The number of rotatable bonds is 10. The summed E-state index contributed by atoms with van der Waals surface area (Å²) in [5.41, 5.74) is 3.28. The second-order valence-corrected chi connectivity index (χ2v) is 4.90. The first-order chi connectivity index (χ1) is 10.1. The molecule has 0 aromatic heterocycles. The minimum Gasteiger partial charge on any atom is -0.379 e. The van der Waals surface area contributed by atoms with Crippen LogP contribution in [0.2, 0.25) is 0 Å². The molecule has 0 aliphatic heterocycles. The molecule has 0 atom stereocenters. The molecule has 0 saturated carbocycles. The van der Waals surface area contributed by atoms with Gasteiger partial charge in [0, 0.05) is 31.2 Å². The normalized spacial score (nSPS) is 9.76. The molecule has 0 amide bonds. The van der Waals surface area contributed by atoms with Gasteiger partial charge in [0.15, 0.2) is 0 Å². The van der Waals surface area contributed by atoms with E-state index in [-0.39, 0.29) is 5.71 Å². The monoisotopic (exact) mass is 284 g/mol. The van der Waals surface area contributed by atoms with Crippen LogP contribution in [0.4, 0.5) is 5.69 Å². The van der Waals surface area contributed by atoms with Crippen molar-refractivity contribution in [2.45, 2.75) is 12.8 Å². The zero-order valence-corrected chi connectivity index (χ0v) is 12.7. The lowest BCUT2D eigenvalue weighted by atomic mass is 10.1. The van der Waals surface area contributed by atoms with Gasteiger partial charge in [-0.25, -0.2) is 0 Å². The molecule has 0 spiro atoms. The van der Waals surface area contributed by atoms with Crippen LogP contribution in [0.3, 0.4) is 0 Å². The first-order valence-electron chi connectivity index (χ1n) is 7.01. The predicted molar refractivity (Wildman–Crippen MR) is 92.5 cm³/mol. The molecule has 0 heterocycles. The number of hydrogen-bond acceptors (Lipinski definition) is 4. The molecule has 112 valence electrons. The van der Waals surface area contributed by atoms with E-state index in [9.17, 15) is 0 Å². The maximum Gasteiger partial charge on any atom is 0.0680 e. The van der Waals surface area contributed by atoms with Crippen molar-refractivity contribution >= 4 is 23.3 Å². The van der Waals surface area contributed by atoms with Crippen LogP contribution >= 0.6 is 0 Å². The Labute approximate surface area is 127 Å². The van der Waals surface area contributed by atoms with Crippen LogP contribution < -0.4 is 5.32 Å². The van der Waals surface area contributed by atoms with Crippen molar-refractivity contribution < 1.29 is 0 Å². The molecule has 1 aromatic rings. The van der Waals surface area contributed by atoms with Crippen molar-refractivity contribution in [1.29, 1.82) is 10.8 Å². The van der Waals surface area contributed by atoms with E-state index in [1.165, 1.54) is 0 Å². The second-order valence-electron chi connectivity index (χ2n) is 4.90. The molecular weight excluding hydrogens is 260 g/mol. The van der Waals surface area contributed by atoms with Gasteiger partial charge in [-0.05, 0) is 30.5 Å². The molecule has 0 fully saturated rings. The topological polar surface area (TPSA) is 63.0 Å². The fourth-order valence-corrected chi connectivity index (χ4v) is 1.86. The minimum atomic E-state index is 0.255. The van der Waals surface area contributed by atoms with E-state index in [1.54, 1.807) is 0 Å². The molecule has 4 nitrogen and oxygen atoms in total. The third-order valence-corrected chi connectivity index (χ3v) is 3.24. The Bertz CT molecular complexity index is 502. The molecule has 1 aromatic carbocycles. The van der Waals surface area contributed by atoms with Gasteiger partial charge in [0.05, 0.1) is 12.3 Å². The molecule has 3 N–H and O–H groups in total. The SMILES string of the molecule is C=CCCCN(C)C(=C)c1ccc(NCC(=N)C=N)cc1. The van der Waals surface area contributed by atoms with E-state index in [0.717, 1.165) is 42.5 Å². The molecule has 0 saturated heterocycles. The lowest BCUT2D eigenvalue weighted by Crippen LogP contribution is -2.17. The maximum absolute atomic E-state index is 7.40. The number of anilines is 1. The van der Waals surface area contributed by atoms with E-state index < -0.39 is 0 Å². The molecule has 21 heavy (non-hydrogen) atoms. The minimum absolute atomic E-state index is 0.255. The lowest BCUT2D eigenvalue weighted by molar-refractivity contribution is 0.469. The lowest BCUT2D eigenvalue weighted by Gasteiger charge is -2.22. The summed E-state index contributed by atoms with van der Waals surface area (Å²) in [7, 11) is 2.04. The van der Waals surface area contributed by atoms with Gasteiger partial charge in [0.25, 0.3) is 0 Å². The van der Waals surface area contributed by atoms with Crippen LogP contribution in [0, 0.1) is 10.8 Å². The van der Waals surface area contributed by atoms with E-state index in [1.807, 2.05) is 37.4 Å². The predicted octanol–water partition coefficient (Wildman–Crippen LogP) is 3.64. The van der Waals surface area contributed by atoms with Crippen LogP contribution in [0.1, 0.15) is 18.4 Å². The molecule has 0 unspecified atom stereocenters. The van der Waals surface area contributed by atoms with Crippen molar-refractivity contribution in [3.63, 3.8) is 0 Å². The Balaban J connectivity index is 2.56. The Hall–Kier alpha value is -2.36. The summed E-state index contributed by atoms with van der Waals surface area (Å²) in [4.78, 5) is 2.15. The molecule has 0 aliphatic carbocycles. The van der Waals surface area contributed by atoms with Crippen molar-refractivity contribution in [3.8, 4) is 0 Å². The third kappa shape index (κ3) is 5.65. The highest BCUT2D eigenvalue weighted by Crippen LogP contribution is 2.18. The fraction of sp³-hybridized carbons (Fsp3) is 0.294. The summed E-state index contributed by atoms with van der Waals surface area (Å²) >= 11 is 0. The summed E-state index contributed by atoms with van der Waals surface area (Å²) in [5, 5.41) is 17.5. The third-order valence-electron chi connectivity index (χ3n) is 3.24. The van der Waals surface area contributed by atoms with Gasteiger partial charge in [0.1, 0.15) is 0 Å². The first kappa shape index (κ1) is 16.7. The molecule has 4 heteroatoms. The highest BCUT2D eigenvalue weighted by Gasteiger charge is 2.04. The molecule has 1 rings (SSSR count). The smallest absolute Gasteiger partial charge is 0.0680 e. The van der Waals surface area contributed by atoms with E-state index in [2.05, 4.69) is 23.4 Å². The van der Waals surface area contributed by atoms with Crippen molar-refractivity contribution in [2.24, 2.45) is 0 Å². The summed E-state index contributed by atoms with van der Waals surface area (Å²) < 4.78 is 0. The van der Waals surface area contributed by atoms with Gasteiger partial charge in [-0.15, -0.1) is 6.58 Å². The van der Waals surface area contributed by atoms with E-state index in [4.69, 9.17) is 10.8 Å². The van der Waals surface area contributed by atoms with Crippen LogP contribution in [0.15, 0.2) is 43.5 Å². The fourth-order valence-electron chi connectivity index (χ4n) is 1.86. The summed E-state index contributed by atoms with van der Waals surface area (Å²) in [5.74, 6) is 0. The zero-order chi connectivity index (χ0) is 15.7. The number of nitrogens with zero attached hydrogens (tertiary/aromatic N) is 1. The summed E-state index contributed by atoms with van der Waals surface area (Å²) in [6.45, 7) is 9.19. The highest BCUT2D eigenvalue weighted by molar-refractivity contribution is 6.29. The van der Waals surface area contributed by atoms with E-state index >= 15 is 0 Å². The summed E-state index contributed by atoms with van der Waals surface area (Å²) in [6.07, 6.45) is 5.06. The standard InChI is InChI=1S/C17H24N4/c1-4-5-6-11-21(3)14(2)15-7-9-17(10-8-15)20-13-16(19)12-18/h4,7-10,12,18-20H,1-2,5-6,11,13H2,3H3. The Morgan fingerprint density at radius 1 is 1.33 bits per heavy atom. The van der Waals surface area contributed by atoms with E-state index in [0.29, 0.717) is 6.54 Å². The largest absolute Gasteiger partial charge is 0.379 e. The van der Waals surface area contributed by atoms with Gasteiger partial charge in [-0.3, -0.25) is 0 Å². The second kappa shape index (κ2) is 8.74. The number of benzene rings is 1. The van der Waals surface area contributed by atoms with Gasteiger partial charge >= 0.3 is 0 Å². The number of unbranched alkanes of at least 4 members (excludes halogenated alkanes) is 1. The Morgan fingerprint density at radius 2 is 2.00 bits per heavy atom. The molecule has 0 radical (unpaired) electrons. The van der Waals surface area contributed by atoms with Gasteiger partial charge < -0.3 is 21.0 Å². The number of allylic oxidation sites excluding steroid dienone is 1. The molecule has 0 bridgehead atoms. The van der Waals surface area contributed by atoms with Crippen LogP contribution in [0.25, 0.3) is 5.70 Å². The van der Waals surface area contributed by atoms with Crippen molar-refractivity contribution in [2.75, 3.05) is 25.5 Å². The van der Waals surface area contributed by atoms with Crippen molar-refractivity contribution in [1.82, 2.24) is 4.90 Å². The summed E-state index contributed by atoms with van der Waals surface area (Å²) in [6, 6.07) is 7.97. The number of hydrogen-bond donors (Lipinski definition) is 3. The van der Waals surface area contributed by atoms with Gasteiger partial charge in [-0.2, -0.15) is 0 Å². The Kier molecular flexibility index (Phi) is 6.95. The van der Waals surface area contributed by atoms with Crippen LogP contribution in [-0.2, 0) is 0 Å². The first-order valence-corrected chi connectivity index (χ1v) is 7.01. The quantitative estimate of drug-likeness (QED) is 0.349. The maximum atomic E-state index is 7.40. The van der Waals surface area contributed by atoms with Gasteiger partial charge in [0.2, 0.25) is 0 Å². The number of nitrogens with one attached hydrogen (secondary N) is 3. The average Bonchev–Trinajstić information content (AvgIpc) is 2.52. The average molecular weight is 284 g/mol. The molecule has 0 aliphatic rings. The van der Waals surface area contributed by atoms with Crippen molar-refractivity contribution in [3.05, 3.63) is 49.1 Å². The van der Waals surface area contributed by atoms with Crippen LogP contribution in [0.5, 0.6) is 0 Å². The molecular formula is C17H24N4.